The van der Waals surface area contributed by atoms with Gasteiger partial charge < -0.3 is 15.1 Å². The SMILES string of the molecule is O=C1CNCCN1C1CCCN(C(=O)C23CC4CC(CC(C4)C2)C3)C1. The van der Waals surface area contributed by atoms with Gasteiger partial charge in [-0.05, 0) is 69.1 Å². The number of carbonyl (C=O) groups is 2. The normalized spacial score (nSPS) is 43.6. The molecule has 4 aliphatic carbocycles. The number of rotatable bonds is 2. The van der Waals surface area contributed by atoms with Crippen LogP contribution in [-0.2, 0) is 9.59 Å². The molecule has 0 aromatic heterocycles. The highest BCUT2D eigenvalue weighted by atomic mass is 16.2. The van der Waals surface area contributed by atoms with Gasteiger partial charge in [-0.15, -0.1) is 0 Å². The van der Waals surface area contributed by atoms with Gasteiger partial charge in [-0.25, -0.2) is 0 Å². The molecule has 1 N–H and O–H groups in total. The minimum atomic E-state index is -0.0376. The average molecular weight is 345 g/mol. The summed E-state index contributed by atoms with van der Waals surface area (Å²) < 4.78 is 0. The van der Waals surface area contributed by atoms with Gasteiger partial charge in [-0.3, -0.25) is 9.59 Å². The standard InChI is InChI=1S/C20H31N3O2/c24-18-12-21-3-5-23(18)17-2-1-4-22(13-17)19(25)20-9-14-6-15(10-20)8-16(7-14)11-20/h14-17,21H,1-13H2. The van der Waals surface area contributed by atoms with E-state index >= 15 is 0 Å². The summed E-state index contributed by atoms with van der Waals surface area (Å²) in [6.45, 7) is 3.80. The third-order valence-electron chi connectivity index (χ3n) is 7.74. The Kier molecular flexibility index (Phi) is 3.84. The number of nitrogens with one attached hydrogen (secondary N) is 1. The van der Waals surface area contributed by atoms with Crippen LogP contribution in [0, 0.1) is 23.2 Å². The van der Waals surface area contributed by atoms with Crippen LogP contribution in [0.15, 0.2) is 0 Å². The molecule has 0 aromatic carbocycles. The van der Waals surface area contributed by atoms with Crippen LogP contribution in [0.5, 0.6) is 0 Å². The number of carbonyl (C=O) groups excluding carboxylic acids is 2. The van der Waals surface area contributed by atoms with Crippen molar-refractivity contribution in [3.05, 3.63) is 0 Å². The molecular weight excluding hydrogens is 314 g/mol. The number of hydrogen-bond donors (Lipinski definition) is 1. The highest BCUT2D eigenvalue weighted by molar-refractivity contribution is 5.84. The third-order valence-corrected chi connectivity index (χ3v) is 7.74. The number of nitrogens with zero attached hydrogens (tertiary/aromatic N) is 2. The van der Waals surface area contributed by atoms with E-state index in [1.54, 1.807) is 0 Å². The van der Waals surface area contributed by atoms with Gasteiger partial charge in [0.2, 0.25) is 11.8 Å². The predicted octanol–water partition coefficient (Wildman–Crippen LogP) is 1.63. The average Bonchev–Trinajstić information content (AvgIpc) is 2.60. The summed E-state index contributed by atoms with van der Waals surface area (Å²) in [4.78, 5) is 30.0. The van der Waals surface area contributed by atoms with Crippen molar-refractivity contribution in [1.29, 1.82) is 0 Å². The molecule has 1 unspecified atom stereocenters. The monoisotopic (exact) mass is 345 g/mol. The Hall–Kier alpha value is -1.10. The molecule has 4 saturated carbocycles. The molecule has 6 aliphatic rings. The fourth-order valence-corrected chi connectivity index (χ4v) is 7.11. The fourth-order valence-electron chi connectivity index (χ4n) is 7.11. The van der Waals surface area contributed by atoms with Gasteiger partial charge in [-0.2, -0.15) is 0 Å². The largest absolute Gasteiger partial charge is 0.340 e. The molecule has 6 rings (SSSR count). The summed E-state index contributed by atoms with van der Waals surface area (Å²) in [5.74, 6) is 3.08. The van der Waals surface area contributed by atoms with Crippen molar-refractivity contribution in [3.63, 3.8) is 0 Å². The Labute approximate surface area is 150 Å². The second-order valence-corrected chi connectivity index (χ2v) is 9.51. The number of piperazine rings is 1. The molecule has 2 saturated heterocycles. The Morgan fingerprint density at radius 2 is 1.72 bits per heavy atom. The second kappa shape index (κ2) is 5.97. The molecular formula is C20H31N3O2. The van der Waals surface area contributed by atoms with E-state index in [4.69, 9.17) is 0 Å². The van der Waals surface area contributed by atoms with Crippen molar-refractivity contribution < 1.29 is 9.59 Å². The minimum Gasteiger partial charge on any atom is -0.340 e. The van der Waals surface area contributed by atoms with Crippen LogP contribution < -0.4 is 5.32 Å². The van der Waals surface area contributed by atoms with Gasteiger partial charge >= 0.3 is 0 Å². The summed E-state index contributed by atoms with van der Waals surface area (Å²) >= 11 is 0. The zero-order valence-corrected chi connectivity index (χ0v) is 15.2. The predicted molar refractivity (Wildman–Crippen MR) is 94.8 cm³/mol. The smallest absolute Gasteiger partial charge is 0.236 e. The lowest BCUT2D eigenvalue weighted by molar-refractivity contribution is -0.160. The van der Waals surface area contributed by atoms with E-state index in [9.17, 15) is 9.59 Å². The molecule has 2 amide bonds. The minimum absolute atomic E-state index is 0.0376. The van der Waals surface area contributed by atoms with Gasteiger partial charge in [0.1, 0.15) is 0 Å². The Balaban J connectivity index is 1.31. The van der Waals surface area contributed by atoms with Crippen LogP contribution in [0.4, 0.5) is 0 Å². The molecule has 4 bridgehead atoms. The van der Waals surface area contributed by atoms with Gasteiger partial charge in [0.05, 0.1) is 12.0 Å². The summed E-state index contributed by atoms with van der Waals surface area (Å²) in [5.41, 5.74) is -0.0376. The lowest BCUT2D eigenvalue weighted by Crippen LogP contribution is -2.60. The molecule has 5 nitrogen and oxygen atoms in total. The maximum atomic E-state index is 13.6. The van der Waals surface area contributed by atoms with E-state index in [0.29, 0.717) is 12.5 Å². The first-order valence-corrected chi connectivity index (χ1v) is 10.4. The van der Waals surface area contributed by atoms with E-state index in [2.05, 4.69) is 10.2 Å². The lowest BCUT2D eigenvalue weighted by atomic mass is 9.49. The van der Waals surface area contributed by atoms with Crippen LogP contribution in [0.25, 0.3) is 0 Å². The maximum absolute atomic E-state index is 13.6. The van der Waals surface area contributed by atoms with Crippen molar-refractivity contribution in [1.82, 2.24) is 15.1 Å². The summed E-state index contributed by atoms with van der Waals surface area (Å²) in [5, 5.41) is 3.15. The van der Waals surface area contributed by atoms with Gasteiger partial charge in [0.15, 0.2) is 0 Å². The van der Waals surface area contributed by atoms with Crippen molar-refractivity contribution in [2.24, 2.45) is 23.2 Å². The molecule has 2 heterocycles. The Bertz CT molecular complexity index is 540. The number of hydrogen-bond acceptors (Lipinski definition) is 3. The van der Waals surface area contributed by atoms with Crippen LogP contribution in [0.2, 0.25) is 0 Å². The topological polar surface area (TPSA) is 52.7 Å². The number of likely N-dealkylation sites (tertiary alicyclic amines) is 1. The van der Waals surface area contributed by atoms with Crippen molar-refractivity contribution in [2.75, 3.05) is 32.7 Å². The molecule has 0 aromatic rings. The molecule has 138 valence electrons. The highest BCUT2D eigenvalue weighted by Crippen LogP contribution is 2.60. The molecule has 25 heavy (non-hydrogen) atoms. The van der Waals surface area contributed by atoms with Crippen molar-refractivity contribution in [3.8, 4) is 0 Å². The third kappa shape index (κ3) is 2.70. The number of piperidine rings is 1. The van der Waals surface area contributed by atoms with Gasteiger partial charge in [0.25, 0.3) is 0 Å². The first kappa shape index (κ1) is 16.1. The molecule has 0 radical (unpaired) electrons. The van der Waals surface area contributed by atoms with Gasteiger partial charge in [-0.1, -0.05) is 0 Å². The highest BCUT2D eigenvalue weighted by Gasteiger charge is 2.55. The Morgan fingerprint density at radius 1 is 1.04 bits per heavy atom. The summed E-state index contributed by atoms with van der Waals surface area (Å²) in [6.07, 6.45) is 9.67. The van der Waals surface area contributed by atoms with Crippen molar-refractivity contribution >= 4 is 11.8 Å². The van der Waals surface area contributed by atoms with E-state index < -0.39 is 0 Å². The zero-order chi connectivity index (χ0) is 17.0. The maximum Gasteiger partial charge on any atom is 0.236 e. The van der Waals surface area contributed by atoms with E-state index in [1.165, 1.54) is 19.3 Å². The van der Waals surface area contributed by atoms with Crippen LogP contribution in [0.3, 0.4) is 0 Å². The number of amides is 2. The van der Waals surface area contributed by atoms with Crippen LogP contribution in [-0.4, -0.2) is 60.4 Å². The molecule has 2 aliphatic heterocycles. The fraction of sp³-hybridized carbons (Fsp3) is 0.900. The first-order valence-electron chi connectivity index (χ1n) is 10.4. The molecule has 0 spiro atoms. The molecule has 1 atom stereocenters. The zero-order valence-electron chi connectivity index (χ0n) is 15.2. The first-order chi connectivity index (χ1) is 12.1. The second-order valence-electron chi connectivity index (χ2n) is 9.51. The van der Waals surface area contributed by atoms with E-state index in [1.807, 2.05) is 4.90 Å². The van der Waals surface area contributed by atoms with Gasteiger partial charge in [0, 0.05) is 32.2 Å². The van der Waals surface area contributed by atoms with E-state index in [-0.39, 0.29) is 17.4 Å². The van der Waals surface area contributed by atoms with E-state index in [0.717, 1.165) is 76.0 Å². The summed E-state index contributed by atoms with van der Waals surface area (Å²) in [6, 6.07) is 0.237. The van der Waals surface area contributed by atoms with Crippen LogP contribution in [0.1, 0.15) is 51.4 Å². The molecule has 5 heteroatoms. The van der Waals surface area contributed by atoms with Crippen molar-refractivity contribution in [2.45, 2.75) is 57.4 Å². The molecule has 6 fully saturated rings. The van der Waals surface area contributed by atoms with Crippen LogP contribution >= 0.6 is 0 Å². The quantitative estimate of drug-likeness (QED) is 0.828. The lowest BCUT2D eigenvalue weighted by Gasteiger charge is -2.57. The summed E-state index contributed by atoms with van der Waals surface area (Å²) in [7, 11) is 0. The Morgan fingerprint density at radius 3 is 2.36 bits per heavy atom.